The molecule has 2 aromatic rings. The monoisotopic (exact) mass is 269 g/mol. The highest BCUT2D eigenvalue weighted by Crippen LogP contribution is 2.41. The standard InChI is InChI=1S/C17H19NS/c1-11-3-4-12(2)15-10-18-7-5-17-13(6-8-19-17)16(18)9-14(11)15/h3-4,6,8,16H,5,7,9-10H2,1-2H3. The third kappa shape index (κ3) is 1.70. The van der Waals surface area contributed by atoms with Gasteiger partial charge in [-0.25, -0.2) is 0 Å². The summed E-state index contributed by atoms with van der Waals surface area (Å²) in [4.78, 5) is 4.30. The lowest BCUT2D eigenvalue weighted by atomic mass is 9.83. The van der Waals surface area contributed by atoms with Crippen molar-refractivity contribution in [1.29, 1.82) is 0 Å². The van der Waals surface area contributed by atoms with Gasteiger partial charge in [0.15, 0.2) is 0 Å². The van der Waals surface area contributed by atoms with Crippen LogP contribution in [-0.2, 0) is 19.4 Å². The van der Waals surface area contributed by atoms with Gasteiger partial charge in [-0.1, -0.05) is 12.1 Å². The fraction of sp³-hybridized carbons (Fsp3) is 0.412. The minimum atomic E-state index is 0.628. The molecule has 1 aromatic carbocycles. The van der Waals surface area contributed by atoms with E-state index >= 15 is 0 Å². The molecule has 4 rings (SSSR count). The molecule has 0 amide bonds. The summed E-state index contributed by atoms with van der Waals surface area (Å²) in [6.07, 6.45) is 2.44. The largest absolute Gasteiger partial charge is 0.291 e. The Morgan fingerprint density at radius 3 is 2.74 bits per heavy atom. The number of thiophene rings is 1. The predicted molar refractivity (Wildman–Crippen MR) is 80.8 cm³/mol. The Morgan fingerprint density at radius 1 is 1.11 bits per heavy atom. The molecule has 0 radical (unpaired) electrons. The summed E-state index contributed by atoms with van der Waals surface area (Å²) >= 11 is 1.94. The first-order chi connectivity index (χ1) is 9.24. The van der Waals surface area contributed by atoms with Crippen LogP contribution in [0, 0.1) is 13.8 Å². The van der Waals surface area contributed by atoms with E-state index in [0.717, 1.165) is 6.54 Å². The minimum Gasteiger partial charge on any atom is -0.291 e. The highest BCUT2D eigenvalue weighted by atomic mass is 32.1. The maximum Gasteiger partial charge on any atom is 0.0403 e. The molecule has 0 spiro atoms. The molecular formula is C17H19NS. The molecule has 2 aliphatic heterocycles. The molecule has 3 heterocycles. The number of fused-ring (bicyclic) bond motifs is 4. The number of benzene rings is 1. The second kappa shape index (κ2) is 4.19. The Hall–Kier alpha value is -1.12. The average Bonchev–Trinajstić information content (AvgIpc) is 2.90. The van der Waals surface area contributed by atoms with Crippen LogP contribution in [0.4, 0.5) is 0 Å². The summed E-state index contributed by atoms with van der Waals surface area (Å²) in [6, 6.07) is 7.56. The molecule has 0 aliphatic carbocycles. The van der Waals surface area contributed by atoms with Crippen molar-refractivity contribution in [2.45, 2.75) is 39.3 Å². The van der Waals surface area contributed by atoms with E-state index in [1.54, 1.807) is 21.6 Å². The Bertz CT molecular complexity index is 641. The topological polar surface area (TPSA) is 3.24 Å². The Balaban J connectivity index is 1.82. The van der Waals surface area contributed by atoms with E-state index in [-0.39, 0.29) is 0 Å². The van der Waals surface area contributed by atoms with E-state index in [0.29, 0.717) is 6.04 Å². The lowest BCUT2D eigenvalue weighted by molar-refractivity contribution is 0.162. The van der Waals surface area contributed by atoms with Gasteiger partial charge < -0.3 is 0 Å². The first-order valence-corrected chi connectivity index (χ1v) is 8.00. The molecule has 1 atom stereocenters. The maximum atomic E-state index is 2.68. The van der Waals surface area contributed by atoms with Crippen molar-refractivity contribution < 1.29 is 0 Å². The second-order valence-electron chi connectivity index (χ2n) is 5.90. The molecule has 0 fully saturated rings. The van der Waals surface area contributed by atoms with Crippen LogP contribution >= 0.6 is 11.3 Å². The highest BCUT2D eigenvalue weighted by Gasteiger charge is 2.33. The minimum absolute atomic E-state index is 0.628. The number of aryl methyl sites for hydroxylation is 2. The van der Waals surface area contributed by atoms with Crippen LogP contribution in [0.2, 0.25) is 0 Å². The Morgan fingerprint density at radius 2 is 1.89 bits per heavy atom. The van der Waals surface area contributed by atoms with Crippen molar-refractivity contribution in [1.82, 2.24) is 4.90 Å². The van der Waals surface area contributed by atoms with Gasteiger partial charge in [0.25, 0.3) is 0 Å². The van der Waals surface area contributed by atoms with Gasteiger partial charge >= 0.3 is 0 Å². The van der Waals surface area contributed by atoms with Crippen LogP contribution in [0.3, 0.4) is 0 Å². The fourth-order valence-electron chi connectivity index (χ4n) is 3.70. The van der Waals surface area contributed by atoms with E-state index in [1.165, 1.54) is 30.5 Å². The lowest BCUT2D eigenvalue weighted by Gasteiger charge is -2.41. The summed E-state index contributed by atoms with van der Waals surface area (Å²) < 4.78 is 0. The lowest BCUT2D eigenvalue weighted by Crippen LogP contribution is -2.39. The molecule has 2 heteroatoms. The van der Waals surface area contributed by atoms with Gasteiger partial charge in [-0.05, 0) is 66.0 Å². The van der Waals surface area contributed by atoms with Crippen LogP contribution in [0.5, 0.6) is 0 Å². The van der Waals surface area contributed by atoms with Crippen molar-refractivity contribution in [3.63, 3.8) is 0 Å². The molecule has 0 saturated carbocycles. The van der Waals surface area contributed by atoms with Gasteiger partial charge in [0, 0.05) is 24.0 Å². The van der Waals surface area contributed by atoms with E-state index in [1.807, 2.05) is 11.3 Å². The molecule has 0 N–H and O–H groups in total. The molecule has 1 nitrogen and oxygen atoms in total. The average molecular weight is 269 g/mol. The van der Waals surface area contributed by atoms with Crippen molar-refractivity contribution in [2.24, 2.45) is 0 Å². The zero-order valence-corrected chi connectivity index (χ0v) is 12.4. The first kappa shape index (κ1) is 11.7. The highest BCUT2D eigenvalue weighted by molar-refractivity contribution is 7.10. The summed E-state index contributed by atoms with van der Waals surface area (Å²) in [7, 11) is 0. The maximum absolute atomic E-state index is 2.68. The zero-order chi connectivity index (χ0) is 13.0. The van der Waals surface area contributed by atoms with Crippen LogP contribution in [-0.4, -0.2) is 11.4 Å². The first-order valence-electron chi connectivity index (χ1n) is 7.12. The van der Waals surface area contributed by atoms with Crippen LogP contribution in [0.1, 0.15) is 38.7 Å². The Labute approximate surface area is 118 Å². The number of hydrogen-bond donors (Lipinski definition) is 0. The van der Waals surface area contributed by atoms with Crippen molar-refractivity contribution >= 4 is 11.3 Å². The third-order valence-electron chi connectivity index (χ3n) is 4.86. The van der Waals surface area contributed by atoms with E-state index in [9.17, 15) is 0 Å². The van der Waals surface area contributed by atoms with Crippen LogP contribution < -0.4 is 0 Å². The molecule has 0 bridgehead atoms. The molecule has 1 unspecified atom stereocenters. The molecule has 19 heavy (non-hydrogen) atoms. The van der Waals surface area contributed by atoms with Gasteiger partial charge in [-0.2, -0.15) is 0 Å². The van der Waals surface area contributed by atoms with Gasteiger partial charge in [0.05, 0.1) is 0 Å². The molecular weight excluding hydrogens is 250 g/mol. The van der Waals surface area contributed by atoms with Crippen molar-refractivity contribution in [2.75, 3.05) is 6.54 Å². The van der Waals surface area contributed by atoms with Gasteiger partial charge in [-0.15, -0.1) is 11.3 Å². The van der Waals surface area contributed by atoms with Gasteiger partial charge in [0.2, 0.25) is 0 Å². The smallest absolute Gasteiger partial charge is 0.0403 e. The molecule has 0 saturated heterocycles. The van der Waals surface area contributed by atoms with Crippen molar-refractivity contribution in [3.05, 3.63) is 56.3 Å². The third-order valence-corrected chi connectivity index (χ3v) is 5.86. The SMILES string of the molecule is Cc1ccc(C)c2c1CC1c3ccsc3CCN1C2. The summed E-state index contributed by atoms with van der Waals surface area (Å²) in [6.45, 7) is 6.90. The zero-order valence-electron chi connectivity index (χ0n) is 11.6. The number of hydrogen-bond acceptors (Lipinski definition) is 2. The number of nitrogens with zero attached hydrogens (tertiary/aromatic N) is 1. The Kier molecular flexibility index (Phi) is 2.58. The quantitative estimate of drug-likeness (QED) is 0.698. The van der Waals surface area contributed by atoms with Gasteiger partial charge in [0.1, 0.15) is 0 Å². The van der Waals surface area contributed by atoms with E-state index in [4.69, 9.17) is 0 Å². The van der Waals surface area contributed by atoms with E-state index in [2.05, 4.69) is 42.3 Å². The van der Waals surface area contributed by atoms with Crippen LogP contribution in [0.15, 0.2) is 23.6 Å². The molecule has 98 valence electrons. The number of rotatable bonds is 0. The summed E-state index contributed by atoms with van der Waals surface area (Å²) in [5.41, 5.74) is 7.75. The van der Waals surface area contributed by atoms with Crippen molar-refractivity contribution in [3.8, 4) is 0 Å². The normalized spacial score (nSPS) is 21.7. The summed E-state index contributed by atoms with van der Waals surface area (Å²) in [5.74, 6) is 0. The van der Waals surface area contributed by atoms with Crippen LogP contribution in [0.25, 0.3) is 0 Å². The van der Waals surface area contributed by atoms with E-state index < -0.39 is 0 Å². The molecule has 1 aromatic heterocycles. The summed E-state index contributed by atoms with van der Waals surface area (Å²) in [5, 5.41) is 2.27. The predicted octanol–water partition coefficient (Wildman–Crippen LogP) is 4.02. The molecule has 2 aliphatic rings. The van der Waals surface area contributed by atoms with Gasteiger partial charge in [-0.3, -0.25) is 4.90 Å². The fourth-order valence-corrected chi connectivity index (χ4v) is 4.63. The second-order valence-corrected chi connectivity index (χ2v) is 6.90.